The first kappa shape index (κ1) is 16.2. The molecule has 1 aromatic heterocycles. The maximum absolute atomic E-state index is 11.6. The average Bonchev–Trinajstić information content (AvgIpc) is 2.84. The number of benzene rings is 1. The van der Waals surface area contributed by atoms with Gasteiger partial charge in [-0.05, 0) is 30.7 Å². The average molecular weight is 372 g/mol. The van der Waals surface area contributed by atoms with Crippen molar-refractivity contribution in [2.24, 2.45) is 0 Å². The Labute approximate surface area is 136 Å². The van der Waals surface area contributed by atoms with E-state index in [1.165, 1.54) is 11.8 Å². The predicted octanol–water partition coefficient (Wildman–Crippen LogP) is 3.31. The number of unbranched alkanes of at least 4 members (excludes halogenated alkanes) is 1. The first-order chi connectivity index (χ1) is 10.2. The predicted molar refractivity (Wildman–Crippen MR) is 88.1 cm³/mol. The number of rotatable bonds is 8. The van der Waals surface area contributed by atoms with E-state index in [1.807, 2.05) is 24.3 Å². The standard InChI is InChI=1S/C14H18BrN3O2S/c1-2-3-8-18-13(19)16-17-14(18)21-10-9-20-12-6-4-11(15)5-7-12/h4-7H,2-3,8-10H2,1H3,(H,16,19). The molecule has 114 valence electrons. The quantitative estimate of drug-likeness (QED) is 0.571. The SMILES string of the molecule is CCCCn1c(SCCOc2ccc(Br)cc2)n[nH]c1=O. The smallest absolute Gasteiger partial charge is 0.343 e. The molecule has 0 spiro atoms. The number of nitrogens with zero attached hydrogens (tertiary/aromatic N) is 2. The lowest BCUT2D eigenvalue weighted by Crippen LogP contribution is -2.17. The number of aromatic nitrogens is 3. The molecule has 1 heterocycles. The summed E-state index contributed by atoms with van der Waals surface area (Å²) in [5, 5.41) is 7.28. The number of H-pyrrole nitrogens is 1. The highest BCUT2D eigenvalue weighted by atomic mass is 79.9. The van der Waals surface area contributed by atoms with E-state index in [4.69, 9.17) is 4.74 Å². The summed E-state index contributed by atoms with van der Waals surface area (Å²) in [7, 11) is 0. The van der Waals surface area contributed by atoms with E-state index in [0.717, 1.165) is 34.0 Å². The van der Waals surface area contributed by atoms with Crippen LogP contribution in [0, 0.1) is 0 Å². The second kappa shape index (κ2) is 8.29. The number of nitrogens with one attached hydrogen (secondary N) is 1. The van der Waals surface area contributed by atoms with E-state index in [0.29, 0.717) is 13.2 Å². The second-order valence-electron chi connectivity index (χ2n) is 4.47. The van der Waals surface area contributed by atoms with E-state index in [9.17, 15) is 4.79 Å². The highest BCUT2D eigenvalue weighted by Crippen LogP contribution is 2.17. The lowest BCUT2D eigenvalue weighted by Gasteiger charge is -2.06. The fraction of sp³-hybridized carbons (Fsp3) is 0.429. The van der Waals surface area contributed by atoms with Gasteiger partial charge < -0.3 is 4.74 Å². The summed E-state index contributed by atoms with van der Waals surface area (Å²) in [6, 6.07) is 7.72. The summed E-state index contributed by atoms with van der Waals surface area (Å²) in [5.74, 6) is 1.58. The molecule has 7 heteroatoms. The van der Waals surface area contributed by atoms with Gasteiger partial charge in [-0.25, -0.2) is 9.89 Å². The van der Waals surface area contributed by atoms with Gasteiger partial charge in [0.1, 0.15) is 5.75 Å². The number of ether oxygens (including phenoxy) is 1. The van der Waals surface area contributed by atoms with Gasteiger partial charge in [-0.2, -0.15) is 0 Å². The summed E-state index contributed by atoms with van der Waals surface area (Å²) in [6.45, 7) is 3.38. The number of aromatic amines is 1. The summed E-state index contributed by atoms with van der Waals surface area (Å²) in [5.41, 5.74) is -0.139. The van der Waals surface area contributed by atoms with Crippen molar-refractivity contribution < 1.29 is 4.74 Å². The first-order valence-electron chi connectivity index (χ1n) is 6.87. The Balaban J connectivity index is 1.80. The Hall–Kier alpha value is -1.21. The fourth-order valence-electron chi connectivity index (χ4n) is 1.75. The lowest BCUT2D eigenvalue weighted by molar-refractivity contribution is 0.343. The fourth-order valence-corrected chi connectivity index (χ4v) is 2.80. The van der Waals surface area contributed by atoms with Gasteiger partial charge in [0, 0.05) is 16.8 Å². The molecule has 0 bridgehead atoms. The highest BCUT2D eigenvalue weighted by Gasteiger charge is 2.08. The van der Waals surface area contributed by atoms with Gasteiger partial charge in [0.15, 0.2) is 5.16 Å². The molecule has 0 fully saturated rings. The Morgan fingerprint density at radius 1 is 1.38 bits per heavy atom. The molecule has 0 saturated carbocycles. The van der Waals surface area contributed by atoms with Crippen LogP contribution in [0.25, 0.3) is 0 Å². The Morgan fingerprint density at radius 2 is 2.14 bits per heavy atom. The Kier molecular flexibility index (Phi) is 6.38. The molecule has 0 atom stereocenters. The molecule has 21 heavy (non-hydrogen) atoms. The zero-order valence-electron chi connectivity index (χ0n) is 11.8. The molecule has 5 nitrogen and oxygen atoms in total. The van der Waals surface area contributed by atoms with E-state index < -0.39 is 0 Å². The van der Waals surface area contributed by atoms with Crippen molar-refractivity contribution in [1.82, 2.24) is 14.8 Å². The number of hydrogen-bond acceptors (Lipinski definition) is 4. The van der Waals surface area contributed by atoms with Gasteiger partial charge in [0.05, 0.1) is 6.61 Å². The largest absolute Gasteiger partial charge is 0.493 e. The van der Waals surface area contributed by atoms with Crippen molar-refractivity contribution in [3.63, 3.8) is 0 Å². The third-order valence-electron chi connectivity index (χ3n) is 2.86. The summed E-state index contributed by atoms with van der Waals surface area (Å²) in [6.07, 6.45) is 2.02. The van der Waals surface area contributed by atoms with Crippen LogP contribution in [0.3, 0.4) is 0 Å². The normalized spacial score (nSPS) is 10.8. The molecule has 0 amide bonds. The van der Waals surface area contributed by atoms with Gasteiger partial charge in [-0.1, -0.05) is 41.0 Å². The van der Waals surface area contributed by atoms with Gasteiger partial charge in [0.2, 0.25) is 0 Å². The molecule has 1 N–H and O–H groups in total. The molecular formula is C14H18BrN3O2S. The van der Waals surface area contributed by atoms with Crippen LogP contribution in [0.4, 0.5) is 0 Å². The Bertz CT molecular complexity index is 609. The van der Waals surface area contributed by atoms with Crippen LogP contribution >= 0.6 is 27.7 Å². The van der Waals surface area contributed by atoms with Crippen LogP contribution in [0.1, 0.15) is 19.8 Å². The van der Waals surface area contributed by atoms with Crippen LogP contribution in [-0.4, -0.2) is 27.1 Å². The molecular weight excluding hydrogens is 354 g/mol. The van der Waals surface area contributed by atoms with Crippen molar-refractivity contribution in [1.29, 1.82) is 0 Å². The van der Waals surface area contributed by atoms with Crippen LogP contribution in [-0.2, 0) is 6.54 Å². The molecule has 0 unspecified atom stereocenters. The minimum Gasteiger partial charge on any atom is -0.493 e. The maximum Gasteiger partial charge on any atom is 0.343 e. The van der Waals surface area contributed by atoms with E-state index in [-0.39, 0.29) is 5.69 Å². The molecule has 0 radical (unpaired) electrons. The van der Waals surface area contributed by atoms with Gasteiger partial charge in [0.25, 0.3) is 0 Å². The number of thioether (sulfide) groups is 1. The van der Waals surface area contributed by atoms with Crippen LogP contribution < -0.4 is 10.4 Å². The third-order valence-corrected chi connectivity index (χ3v) is 4.32. The van der Waals surface area contributed by atoms with Crippen molar-refractivity contribution in [3.8, 4) is 5.75 Å². The van der Waals surface area contributed by atoms with Crippen LogP contribution in [0.2, 0.25) is 0 Å². The molecule has 2 rings (SSSR count). The topological polar surface area (TPSA) is 59.9 Å². The van der Waals surface area contributed by atoms with Crippen molar-refractivity contribution in [2.45, 2.75) is 31.5 Å². The molecule has 0 aliphatic heterocycles. The van der Waals surface area contributed by atoms with E-state index in [2.05, 4.69) is 33.1 Å². The molecule has 0 aliphatic rings. The highest BCUT2D eigenvalue weighted by molar-refractivity contribution is 9.10. The van der Waals surface area contributed by atoms with Gasteiger partial charge in [-0.15, -0.1) is 5.10 Å². The van der Waals surface area contributed by atoms with Crippen molar-refractivity contribution in [3.05, 3.63) is 39.2 Å². The van der Waals surface area contributed by atoms with E-state index in [1.54, 1.807) is 4.57 Å². The zero-order chi connectivity index (χ0) is 15.1. The minimum atomic E-state index is -0.139. The van der Waals surface area contributed by atoms with Crippen molar-refractivity contribution >= 4 is 27.7 Å². The number of halogens is 1. The van der Waals surface area contributed by atoms with Crippen LogP contribution in [0.15, 0.2) is 38.7 Å². The van der Waals surface area contributed by atoms with Crippen LogP contribution in [0.5, 0.6) is 5.75 Å². The van der Waals surface area contributed by atoms with E-state index >= 15 is 0 Å². The number of hydrogen-bond donors (Lipinski definition) is 1. The molecule has 0 aliphatic carbocycles. The molecule has 0 saturated heterocycles. The minimum absolute atomic E-state index is 0.139. The third kappa shape index (κ3) is 4.93. The summed E-state index contributed by atoms with van der Waals surface area (Å²) < 4.78 is 8.36. The maximum atomic E-state index is 11.6. The zero-order valence-corrected chi connectivity index (χ0v) is 14.2. The molecule has 1 aromatic carbocycles. The monoisotopic (exact) mass is 371 g/mol. The lowest BCUT2D eigenvalue weighted by atomic mass is 10.3. The Morgan fingerprint density at radius 3 is 2.86 bits per heavy atom. The molecule has 2 aromatic rings. The van der Waals surface area contributed by atoms with Gasteiger partial charge in [-0.3, -0.25) is 4.57 Å². The van der Waals surface area contributed by atoms with Crippen molar-refractivity contribution in [2.75, 3.05) is 12.4 Å². The summed E-state index contributed by atoms with van der Waals surface area (Å²) in [4.78, 5) is 11.6. The first-order valence-corrected chi connectivity index (χ1v) is 8.65. The van der Waals surface area contributed by atoms with Gasteiger partial charge >= 0.3 is 5.69 Å². The second-order valence-corrected chi connectivity index (χ2v) is 6.45. The summed E-state index contributed by atoms with van der Waals surface area (Å²) >= 11 is 4.91.